The molecule has 1 aliphatic rings. The third kappa shape index (κ3) is 4.18. The third-order valence-electron chi connectivity index (χ3n) is 3.83. The lowest BCUT2D eigenvalue weighted by Gasteiger charge is -2.22. The lowest BCUT2D eigenvalue weighted by atomic mass is 9.95. The minimum Gasteiger partial charge on any atom is -0.366 e. The van der Waals surface area contributed by atoms with Gasteiger partial charge < -0.3 is 10.6 Å². The first kappa shape index (κ1) is 14.8. The Morgan fingerprint density at radius 1 is 1.30 bits per heavy atom. The second-order valence-corrected chi connectivity index (χ2v) is 5.55. The summed E-state index contributed by atoms with van der Waals surface area (Å²) in [7, 11) is 0. The molecule has 1 atom stereocenters. The highest BCUT2D eigenvalue weighted by Gasteiger charge is 2.17. The maximum absolute atomic E-state index is 12.1. The Bertz CT molecular complexity index is 426. The number of anilines is 1. The normalized spacial score (nSPS) is 17.5. The van der Waals surface area contributed by atoms with E-state index >= 15 is 0 Å². The lowest BCUT2D eigenvalue weighted by molar-refractivity contribution is 0.0922. The fraction of sp³-hybridized carbons (Fsp3) is 0.667. The molecule has 0 saturated heterocycles. The van der Waals surface area contributed by atoms with Crippen molar-refractivity contribution in [1.82, 2.24) is 15.3 Å². The van der Waals surface area contributed by atoms with Crippen molar-refractivity contribution < 1.29 is 4.79 Å². The zero-order valence-corrected chi connectivity index (χ0v) is 12.4. The van der Waals surface area contributed by atoms with Gasteiger partial charge in [0.15, 0.2) is 0 Å². The summed E-state index contributed by atoms with van der Waals surface area (Å²) in [6.45, 7) is 4.20. The van der Waals surface area contributed by atoms with Gasteiger partial charge in [-0.3, -0.25) is 4.79 Å². The first-order valence-electron chi connectivity index (χ1n) is 7.58. The molecule has 2 rings (SSSR count). The molecule has 0 aromatic carbocycles. The zero-order chi connectivity index (χ0) is 14.4. The van der Waals surface area contributed by atoms with Crippen molar-refractivity contribution in [2.24, 2.45) is 0 Å². The predicted octanol–water partition coefficient (Wildman–Crippen LogP) is 2.75. The molecule has 2 N–H and O–H groups in total. The molecule has 0 radical (unpaired) electrons. The van der Waals surface area contributed by atoms with E-state index in [0.717, 1.165) is 19.3 Å². The topological polar surface area (TPSA) is 66.9 Å². The summed E-state index contributed by atoms with van der Waals surface area (Å²) in [6, 6.07) is 0.655. The van der Waals surface area contributed by atoms with Crippen LogP contribution < -0.4 is 10.6 Å². The lowest BCUT2D eigenvalue weighted by Crippen LogP contribution is -2.36. The number of hydrogen-bond donors (Lipinski definition) is 2. The Labute approximate surface area is 120 Å². The third-order valence-corrected chi connectivity index (χ3v) is 3.83. The molecule has 1 fully saturated rings. The van der Waals surface area contributed by atoms with Gasteiger partial charge in [-0.2, -0.15) is 0 Å². The van der Waals surface area contributed by atoms with Gasteiger partial charge in [-0.15, -0.1) is 0 Å². The summed E-state index contributed by atoms with van der Waals surface area (Å²) in [5.41, 5.74) is 0.394. The molecular weight excluding hydrogens is 252 g/mol. The molecule has 110 valence electrons. The number of carbonyl (C=O) groups is 1. The second kappa shape index (κ2) is 7.22. The molecule has 1 saturated carbocycles. The van der Waals surface area contributed by atoms with Crippen molar-refractivity contribution in [3.05, 3.63) is 18.1 Å². The smallest absolute Gasteiger partial charge is 0.271 e. The average molecular weight is 276 g/mol. The SMILES string of the molecule is CCC(C)Nc1cnc(C(=O)NC2CCCCC2)cn1. The molecule has 5 heteroatoms. The Balaban J connectivity index is 1.89. The molecular formula is C15H24N4O. The quantitative estimate of drug-likeness (QED) is 0.867. The van der Waals surface area contributed by atoms with Crippen molar-refractivity contribution in [2.45, 2.75) is 64.5 Å². The van der Waals surface area contributed by atoms with Crippen LogP contribution in [0.2, 0.25) is 0 Å². The van der Waals surface area contributed by atoms with Crippen LogP contribution in [0.1, 0.15) is 62.9 Å². The summed E-state index contributed by atoms with van der Waals surface area (Å²) in [5.74, 6) is 0.605. The van der Waals surface area contributed by atoms with Crippen molar-refractivity contribution in [1.29, 1.82) is 0 Å². The van der Waals surface area contributed by atoms with Crippen LogP contribution in [0.15, 0.2) is 12.4 Å². The van der Waals surface area contributed by atoms with Crippen LogP contribution in [0.3, 0.4) is 0 Å². The number of rotatable bonds is 5. The Morgan fingerprint density at radius 3 is 2.65 bits per heavy atom. The van der Waals surface area contributed by atoms with E-state index in [9.17, 15) is 4.79 Å². The van der Waals surface area contributed by atoms with Gasteiger partial charge in [0.25, 0.3) is 5.91 Å². The first-order chi connectivity index (χ1) is 9.69. The second-order valence-electron chi connectivity index (χ2n) is 5.55. The molecule has 1 heterocycles. The Kier molecular flexibility index (Phi) is 5.32. The van der Waals surface area contributed by atoms with E-state index in [1.165, 1.54) is 19.3 Å². The van der Waals surface area contributed by atoms with Crippen LogP contribution in [0.4, 0.5) is 5.82 Å². The van der Waals surface area contributed by atoms with Gasteiger partial charge in [0.2, 0.25) is 0 Å². The van der Waals surface area contributed by atoms with E-state index in [-0.39, 0.29) is 5.91 Å². The molecule has 0 aliphatic heterocycles. The maximum atomic E-state index is 12.1. The summed E-state index contributed by atoms with van der Waals surface area (Å²) in [5, 5.41) is 6.28. The first-order valence-corrected chi connectivity index (χ1v) is 7.58. The van der Waals surface area contributed by atoms with Gasteiger partial charge in [0.05, 0.1) is 12.4 Å². The Hall–Kier alpha value is -1.65. The van der Waals surface area contributed by atoms with Crippen molar-refractivity contribution in [2.75, 3.05) is 5.32 Å². The molecule has 20 heavy (non-hydrogen) atoms. The molecule has 1 aromatic rings. The average Bonchev–Trinajstić information content (AvgIpc) is 2.49. The number of nitrogens with zero attached hydrogens (tertiary/aromatic N) is 2. The van der Waals surface area contributed by atoms with Gasteiger partial charge >= 0.3 is 0 Å². The number of nitrogens with one attached hydrogen (secondary N) is 2. The number of carbonyl (C=O) groups excluding carboxylic acids is 1. The minimum atomic E-state index is -0.112. The fourth-order valence-corrected chi connectivity index (χ4v) is 2.38. The summed E-state index contributed by atoms with van der Waals surface area (Å²) < 4.78 is 0. The summed E-state index contributed by atoms with van der Waals surface area (Å²) in [4.78, 5) is 20.5. The molecule has 1 aromatic heterocycles. The number of hydrogen-bond acceptors (Lipinski definition) is 4. The minimum absolute atomic E-state index is 0.112. The van der Waals surface area contributed by atoms with Gasteiger partial charge in [-0.05, 0) is 26.2 Å². The molecule has 0 spiro atoms. The fourth-order valence-electron chi connectivity index (χ4n) is 2.38. The number of aromatic nitrogens is 2. The molecule has 1 aliphatic carbocycles. The van der Waals surface area contributed by atoms with Crippen molar-refractivity contribution in [3.63, 3.8) is 0 Å². The molecule has 0 bridgehead atoms. The van der Waals surface area contributed by atoms with Crippen molar-refractivity contribution in [3.8, 4) is 0 Å². The van der Waals surface area contributed by atoms with E-state index in [2.05, 4.69) is 34.4 Å². The standard InChI is InChI=1S/C15H24N4O/c1-3-11(2)18-14-10-16-13(9-17-14)15(20)19-12-7-5-4-6-8-12/h9-12H,3-8H2,1-2H3,(H,17,18)(H,19,20). The van der Waals surface area contributed by atoms with Crippen LogP contribution in [0, 0.1) is 0 Å². The van der Waals surface area contributed by atoms with Gasteiger partial charge in [0, 0.05) is 12.1 Å². The van der Waals surface area contributed by atoms with Gasteiger partial charge in [-0.1, -0.05) is 26.2 Å². The summed E-state index contributed by atoms with van der Waals surface area (Å²) >= 11 is 0. The zero-order valence-electron chi connectivity index (χ0n) is 12.4. The summed E-state index contributed by atoms with van der Waals surface area (Å²) in [6.07, 6.45) is 10.0. The Morgan fingerprint density at radius 2 is 2.05 bits per heavy atom. The number of amides is 1. The van der Waals surface area contributed by atoms with Crippen LogP contribution in [-0.4, -0.2) is 28.0 Å². The highest BCUT2D eigenvalue weighted by atomic mass is 16.1. The van der Waals surface area contributed by atoms with Gasteiger partial charge in [0.1, 0.15) is 11.5 Å². The highest BCUT2D eigenvalue weighted by Crippen LogP contribution is 2.17. The van der Waals surface area contributed by atoms with Crippen LogP contribution in [0.25, 0.3) is 0 Å². The van der Waals surface area contributed by atoms with E-state index in [4.69, 9.17) is 0 Å². The molecule has 5 nitrogen and oxygen atoms in total. The van der Waals surface area contributed by atoms with E-state index in [1.54, 1.807) is 12.4 Å². The highest BCUT2D eigenvalue weighted by molar-refractivity contribution is 5.92. The van der Waals surface area contributed by atoms with E-state index in [0.29, 0.717) is 23.6 Å². The van der Waals surface area contributed by atoms with Crippen molar-refractivity contribution >= 4 is 11.7 Å². The monoisotopic (exact) mass is 276 g/mol. The van der Waals surface area contributed by atoms with Crippen LogP contribution in [-0.2, 0) is 0 Å². The largest absolute Gasteiger partial charge is 0.366 e. The molecule has 1 amide bonds. The van der Waals surface area contributed by atoms with E-state index in [1.807, 2.05) is 0 Å². The molecule has 1 unspecified atom stereocenters. The predicted molar refractivity (Wildman–Crippen MR) is 79.7 cm³/mol. The van der Waals surface area contributed by atoms with E-state index < -0.39 is 0 Å². The maximum Gasteiger partial charge on any atom is 0.271 e. The van der Waals surface area contributed by atoms with Crippen LogP contribution >= 0.6 is 0 Å². The van der Waals surface area contributed by atoms with Crippen LogP contribution in [0.5, 0.6) is 0 Å². The van der Waals surface area contributed by atoms with Gasteiger partial charge in [-0.25, -0.2) is 9.97 Å².